The third-order valence-electron chi connectivity index (χ3n) is 4.66. The smallest absolute Gasteiger partial charge is 0.126 e. The minimum absolute atomic E-state index is 0.196. The van der Waals surface area contributed by atoms with Gasteiger partial charge in [-0.15, -0.1) is 0 Å². The van der Waals surface area contributed by atoms with Gasteiger partial charge in [-0.05, 0) is 36.8 Å². The predicted molar refractivity (Wildman–Crippen MR) is 105 cm³/mol. The van der Waals surface area contributed by atoms with Gasteiger partial charge >= 0.3 is 0 Å². The molecule has 6 heteroatoms. The summed E-state index contributed by atoms with van der Waals surface area (Å²) in [4.78, 5) is 13.1. The monoisotopic (exact) mass is 358 g/mol. The zero-order chi connectivity index (χ0) is 18.6. The van der Waals surface area contributed by atoms with E-state index in [1.165, 1.54) is 0 Å². The zero-order valence-electron chi connectivity index (χ0n) is 15.2. The minimum Gasteiger partial charge on any atom is -0.327 e. The standard InChI is InChI=1S/C21H22N6/c1-2-27-20(16-6-8-18(9-7-16)26-12-11-23-15-26)14-25-21(27)19(22)13-17-5-3-4-10-24-17/h3-12,14-15,19H,2,13,22H2,1H3/t19-/m0/s1. The summed E-state index contributed by atoms with van der Waals surface area (Å²) in [6.07, 6.45) is 9.86. The molecule has 4 rings (SSSR count). The van der Waals surface area contributed by atoms with Gasteiger partial charge in [-0.25, -0.2) is 9.97 Å². The van der Waals surface area contributed by atoms with Gasteiger partial charge in [-0.1, -0.05) is 18.2 Å². The molecule has 2 N–H and O–H groups in total. The minimum atomic E-state index is -0.196. The largest absolute Gasteiger partial charge is 0.327 e. The van der Waals surface area contributed by atoms with Crippen molar-refractivity contribution in [3.8, 4) is 16.9 Å². The summed E-state index contributed by atoms with van der Waals surface area (Å²) in [6.45, 7) is 2.92. The summed E-state index contributed by atoms with van der Waals surface area (Å²) in [5.74, 6) is 0.886. The van der Waals surface area contributed by atoms with Crippen molar-refractivity contribution in [2.24, 2.45) is 5.73 Å². The first kappa shape index (κ1) is 17.2. The Hall–Kier alpha value is -3.25. The van der Waals surface area contributed by atoms with Crippen LogP contribution in [0.4, 0.5) is 0 Å². The van der Waals surface area contributed by atoms with Crippen molar-refractivity contribution in [3.05, 3.63) is 85.1 Å². The second-order valence-electron chi connectivity index (χ2n) is 6.39. The average Bonchev–Trinajstić information content (AvgIpc) is 3.38. The molecule has 27 heavy (non-hydrogen) atoms. The van der Waals surface area contributed by atoms with Crippen LogP contribution >= 0.6 is 0 Å². The lowest BCUT2D eigenvalue weighted by Gasteiger charge is -2.15. The molecule has 4 aromatic rings. The molecular weight excluding hydrogens is 336 g/mol. The summed E-state index contributed by atoms with van der Waals surface area (Å²) in [7, 11) is 0. The highest BCUT2D eigenvalue weighted by Crippen LogP contribution is 2.25. The molecule has 0 aliphatic heterocycles. The lowest BCUT2D eigenvalue weighted by molar-refractivity contribution is 0.597. The zero-order valence-corrected chi connectivity index (χ0v) is 15.2. The van der Waals surface area contributed by atoms with Crippen molar-refractivity contribution in [1.29, 1.82) is 0 Å². The van der Waals surface area contributed by atoms with E-state index >= 15 is 0 Å². The SMILES string of the molecule is CCn1c(-c2ccc(-n3ccnc3)cc2)cnc1[C@@H](N)Cc1ccccn1. The Bertz CT molecular complexity index is 987. The molecule has 0 radical (unpaired) electrons. The maximum absolute atomic E-state index is 6.45. The number of aromatic nitrogens is 5. The van der Waals surface area contributed by atoms with Crippen LogP contribution in [0.1, 0.15) is 24.5 Å². The first-order chi connectivity index (χ1) is 13.3. The molecule has 0 saturated heterocycles. The highest BCUT2D eigenvalue weighted by atomic mass is 15.1. The van der Waals surface area contributed by atoms with Gasteiger partial charge in [0, 0.05) is 42.9 Å². The quantitative estimate of drug-likeness (QED) is 0.573. The summed E-state index contributed by atoms with van der Waals surface area (Å²) >= 11 is 0. The second kappa shape index (κ2) is 7.55. The van der Waals surface area contributed by atoms with Crippen molar-refractivity contribution in [2.45, 2.75) is 25.9 Å². The fourth-order valence-electron chi connectivity index (χ4n) is 3.30. The molecule has 0 aliphatic rings. The van der Waals surface area contributed by atoms with Gasteiger partial charge in [0.2, 0.25) is 0 Å². The first-order valence-electron chi connectivity index (χ1n) is 9.06. The first-order valence-corrected chi connectivity index (χ1v) is 9.06. The molecule has 136 valence electrons. The molecular formula is C21H22N6. The maximum atomic E-state index is 6.45. The van der Waals surface area contributed by atoms with Crippen molar-refractivity contribution in [3.63, 3.8) is 0 Å². The molecule has 0 saturated carbocycles. The molecule has 0 unspecified atom stereocenters. The Morgan fingerprint density at radius 1 is 1.04 bits per heavy atom. The van der Waals surface area contributed by atoms with Gasteiger partial charge < -0.3 is 14.9 Å². The van der Waals surface area contributed by atoms with Crippen LogP contribution in [0.5, 0.6) is 0 Å². The van der Waals surface area contributed by atoms with E-state index in [0.29, 0.717) is 6.42 Å². The number of hydrogen-bond acceptors (Lipinski definition) is 4. The molecule has 3 heterocycles. The Kier molecular flexibility index (Phi) is 4.80. The highest BCUT2D eigenvalue weighted by Gasteiger charge is 2.17. The molecule has 0 fully saturated rings. The van der Waals surface area contributed by atoms with Gasteiger partial charge in [0.05, 0.1) is 24.3 Å². The number of benzene rings is 1. The molecule has 1 atom stereocenters. The van der Waals surface area contributed by atoms with E-state index in [9.17, 15) is 0 Å². The summed E-state index contributed by atoms with van der Waals surface area (Å²) in [5.41, 5.74) is 10.7. The van der Waals surface area contributed by atoms with Gasteiger partial charge in [-0.2, -0.15) is 0 Å². The number of imidazole rings is 2. The lowest BCUT2D eigenvalue weighted by Crippen LogP contribution is -2.19. The Balaban J connectivity index is 1.61. The van der Waals surface area contributed by atoms with Crippen LogP contribution in [0, 0.1) is 0 Å². The van der Waals surface area contributed by atoms with E-state index in [2.05, 4.69) is 50.7 Å². The molecule has 6 nitrogen and oxygen atoms in total. The topological polar surface area (TPSA) is 74.5 Å². The normalized spacial score (nSPS) is 12.2. The highest BCUT2D eigenvalue weighted by molar-refractivity contribution is 5.61. The number of pyridine rings is 1. The Morgan fingerprint density at radius 2 is 1.89 bits per heavy atom. The van der Waals surface area contributed by atoms with Gasteiger partial charge in [0.25, 0.3) is 0 Å². The van der Waals surface area contributed by atoms with Crippen LogP contribution in [0.25, 0.3) is 16.9 Å². The van der Waals surface area contributed by atoms with Crippen molar-refractivity contribution in [2.75, 3.05) is 0 Å². The molecule has 0 spiro atoms. The second-order valence-corrected chi connectivity index (χ2v) is 6.39. The molecule has 0 aliphatic carbocycles. The molecule has 0 bridgehead atoms. The number of nitrogens with two attached hydrogens (primary N) is 1. The van der Waals surface area contributed by atoms with Gasteiger partial charge in [0.15, 0.2) is 0 Å². The van der Waals surface area contributed by atoms with E-state index in [1.807, 2.05) is 35.2 Å². The predicted octanol–water partition coefficient (Wildman–Crippen LogP) is 3.39. The third-order valence-corrected chi connectivity index (χ3v) is 4.66. The maximum Gasteiger partial charge on any atom is 0.126 e. The fourth-order valence-corrected chi connectivity index (χ4v) is 3.30. The van der Waals surface area contributed by atoms with E-state index in [4.69, 9.17) is 5.73 Å². The summed E-state index contributed by atoms with van der Waals surface area (Å²) in [5, 5.41) is 0. The molecule has 0 amide bonds. The summed E-state index contributed by atoms with van der Waals surface area (Å²) in [6, 6.07) is 14.1. The fraction of sp³-hybridized carbons (Fsp3) is 0.190. The Morgan fingerprint density at radius 3 is 2.56 bits per heavy atom. The van der Waals surface area contributed by atoms with Crippen LogP contribution < -0.4 is 5.73 Å². The van der Waals surface area contributed by atoms with Gasteiger partial charge in [0.1, 0.15) is 5.82 Å². The van der Waals surface area contributed by atoms with E-state index in [0.717, 1.165) is 35.0 Å². The van der Waals surface area contributed by atoms with Crippen LogP contribution in [0.2, 0.25) is 0 Å². The Labute approximate surface area is 158 Å². The summed E-state index contributed by atoms with van der Waals surface area (Å²) < 4.78 is 4.16. The van der Waals surface area contributed by atoms with Crippen LogP contribution in [0.3, 0.4) is 0 Å². The van der Waals surface area contributed by atoms with Crippen molar-refractivity contribution >= 4 is 0 Å². The average molecular weight is 358 g/mol. The lowest BCUT2D eigenvalue weighted by atomic mass is 10.1. The van der Waals surface area contributed by atoms with E-state index in [-0.39, 0.29) is 6.04 Å². The van der Waals surface area contributed by atoms with E-state index in [1.54, 1.807) is 18.7 Å². The number of hydrogen-bond donors (Lipinski definition) is 1. The van der Waals surface area contributed by atoms with Crippen LogP contribution in [0.15, 0.2) is 73.6 Å². The molecule has 3 aromatic heterocycles. The van der Waals surface area contributed by atoms with Crippen LogP contribution in [-0.2, 0) is 13.0 Å². The van der Waals surface area contributed by atoms with Crippen LogP contribution in [-0.4, -0.2) is 24.1 Å². The molecule has 1 aromatic carbocycles. The van der Waals surface area contributed by atoms with Crippen molar-refractivity contribution < 1.29 is 0 Å². The van der Waals surface area contributed by atoms with E-state index < -0.39 is 0 Å². The van der Waals surface area contributed by atoms with Gasteiger partial charge in [-0.3, -0.25) is 4.98 Å². The number of nitrogens with zero attached hydrogens (tertiary/aromatic N) is 5. The van der Waals surface area contributed by atoms with Crippen molar-refractivity contribution in [1.82, 2.24) is 24.1 Å². The number of rotatable bonds is 6. The third kappa shape index (κ3) is 3.52.